The Morgan fingerprint density at radius 2 is 2.47 bits per heavy atom. The molecule has 2 heterocycles. The van der Waals surface area contributed by atoms with Crippen LogP contribution in [-0.4, -0.2) is 29.8 Å². The average molecular weight is 227 g/mol. The lowest BCUT2D eigenvalue weighted by molar-refractivity contribution is 0.208. The normalized spacial score (nSPS) is 21.7. The van der Waals surface area contributed by atoms with Crippen molar-refractivity contribution >= 4 is 17.4 Å². The first-order valence-electron chi connectivity index (χ1n) is 5.27. The van der Waals surface area contributed by atoms with Crippen LogP contribution in [0.25, 0.3) is 0 Å². The summed E-state index contributed by atoms with van der Waals surface area (Å²) in [7, 11) is 0. The van der Waals surface area contributed by atoms with E-state index in [9.17, 15) is 0 Å². The predicted octanol–water partition coefficient (Wildman–Crippen LogP) is 1.94. The first-order valence-corrected chi connectivity index (χ1v) is 5.65. The quantitative estimate of drug-likeness (QED) is 0.838. The third-order valence-electron chi connectivity index (χ3n) is 2.82. The maximum atomic E-state index is 9.14. The summed E-state index contributed by atoms with van der Waals surface area (Å²) in [5.74, 6) is 1.20. The number of aromatic nitrogens is 1. The second-order valence-corrected chi connectivity index (χ2v) is 4.35. The molecule has 0 radical (unpaired) electrons. The minimum Gasteiger partial charge on any atom is -0.396 e. The van der Waals surface area contributed by atoms with Gasteiger partial charge in [0, 0.05) is 25.9 Å². The Labute approximate surface area is 94.7 Å². The molecule has 1 aliphatic rings. The summed E-state index contributed by atoms with van der Waals surface area (Å²) in [5, 5.41) is 9.84. The topological polar surface area (TPSA) is 36.4 Å². The number of aliphatic hydroxyl groups excluding tert-OH is 1. The van der Waals surface area contributed by atoms with Gasteiger partial charge in [0.15, 0.2) is 0 Å². The van der Waals surface area contributed by atoms with Crippen molar-refractivity contribution in [1.29, 1.82) is 0 Å². The molecule has 3 nitrogen and oxygen atoms in total. The number of rotatable bonds is 2. The Balaban J connectivity index is 2.13. The molecule has 2 rings (SSSR count). The second kappa shape index (κ2) is 4.81. The third-order valence-corrected chi connectivity index (χ3v) is 3.11. The minimum atomic E-state index is 0.251. The first kappa shape index (κ1) is 10.7. The van der Waals surface area contributed by atoms with E-state index in [1.807, 2.05) is 12.1 Å². The second-order valence-electron chi connectivity index (χ2n) is 3.95. The van der Waals surface area contributed by atoms with Gasteiger partial charge in [0.1, 0.15) is 5.82 Å². The molecule has 82 valence electrons. The molecule has 15 heavy (non-hydrogen) atoms. The van der Waals surface area contributed by atoms with Crippen LogP contribution in [0.15, 0.2) is 18.3 Å². The van der Waals surface area contributed by atoms with Gasteiger partial charge in [0.2, 0.25) is 0 Å². The van der Waals surface area contributed by atoms with E-state index in [-0.39, 0.29) is 6.61 Å². The molecular weight excluding hydrogens is 212 g/mol. The summed E-state index contributed by atoms with van der Waals surface area (Å²) >= 11 is 6.08. The maximum Gasteiger partial charge on any atom is 0.147 e. The van der Waals surface area contributed by atoms with Gasteiger partial charge in [-0.25, -0.2) is 4.98 Å². The molecule has 0 amide bonds. The summed E-state index contributed by atoms with van der Waals surface area (Å²) in [6.07, 6.45) is 3.94. The number of hydrogen-bond acceptors (Lipinski definition) is 3. The Morgan fingerprint density at radius 1 is 1.60 bits per heavy atom. The van der Waals surface area contributed by atoms with Gasteiger partial charge in [0.05, 0.1) is 5.02 Å². The molecule has 1 unspecified atom stereocenters. The number of hydrogen-bond donors (Lipinski definition) is 1. The maximum absolute atomic E-state index is 9.14. The number of nitrogens with zero attached hydrogens (tertiary/aromatic N) is 2. The molecule has 0 spiro atoms. The van der Waals surface area contributed by atoms with E-state index in [1.165, 1.54) is 0 Å². The fourth-order valence-electron chi connectivity index (χ4n) is 2.02. The molecule has 1 aliphatic heterocycles. The zero-order valence-corrected chi connectivity index (χ0v) is 9.32. The third kappa shape index (κ3) is 2.41. The Bertz CT molecular complexity index is 332. The van der Waals surface area contributed by atoms with Crippen LogP contribution >= 0.6 is 11.6 Å². The molecule has 1 aromatic heterocycles. The average Bonchev–Trinajstić information content (AvgIpc) is 2.30. The highest BCUT2D eigenvalue weighted by Gasteiger charge is 2.21. The Morgan fingerprint density at radius 3 is 3.20 bits per heavy atom. The summed E-state index contributed by atoms with van der Waals surface area (Å²) < 4.78 is 0. The van der Waals surface area contributed by atoms with Crippen LogP contribution in [0, 0.1) is 5.92 Å². The lowest BCUT2D eigenvalue weighted by Gasteiger charge is -2.33. The molecule has 0 aliphatic carbocycles. The lowest BCUT2D eigenvalue weighted by atomic mass is 9.99. The largest absolute Gasteiger partial charge is 0.396 e. The van der Waals surface area contributed by atoms with Crippen LogP contribution in [0.3, 0.4) is 0 Å². The van der Waals surface area contributed by atoms with E-state index < -0.39 is 0 Å². The minimum absolute atomic E-state index is 0.251. The summed E-state index contributed by atoms with van der Waals surface area (Å²) in [4.78, 5) is 6.44. The highest BCUT2D eigenvalue weighted by molar-refractivity contribution is 6.32. The molecule has 0 saturated carbocycles. The molecule has 4 heteroatoms. The van der Waals surface area contributed by atoms with Crippen LogP contribution in [0.4, 0.5) is 5.82 Å². The molecule has 1 fully saturated rings. The van der Waals surface area contributed by atoms with Crippen molar-refractivity contribution in [2.75, 3.05) is 24.6 Å². The highest BCUT2D eigenvalue weighted by Crippen LogP contribution is 2.26. The van der Waals surface area contributed by atoms with Crippen molar-refractivity contribution in [2.45, 2.75) is 12.8 Å². The molecule has 1 saturated heterocycles. The van der Waals surface area contributed by atoms with Crippen molar-refractivity contribution < 1.29 is 5.11 Å². The lowest BCUT2D eigenvalue weighted by Crippen LogP contribution is -2.37. The van der Waals surface area contributed by atoms with Gasteiger partial charge < -0.3 is 10.0 Å². The number of aliphatic hydroxyl groups is 1. The Hall–Kier alpha value is -0.800. The van der Waals surface area contributed by atoms with Crippen molar-refractivity contribution in [3.63, 3.8) is 0 Å². The standard InChI is InChI=1S/C11H15ClN2O/c12-10-4-1-5-13-11(10)14-6-2-3-9(7-14)8-15/h1,4-5,9,15H,2-3,6-8H2. The number of anilines is 1. The summed E-state index contributed by atoms with van der Waals surface area (Å²) in [6.45, 7) is 2.08. The predicted molar refractivity (Wildman–Crippen MR) is 61.3 cm³/mol. The van der Waals surface area contributed by atoms with Crippen molar-refractivity contribution in [1.82, 2.24) is 4.98 Å². The van der Waals surface area contributed by atoms with Crippen LogP contribution in [0.2, 0.25) is 5.02 Å². The zero-order valence-electron chi connectivity index (χ0n) is 8.56. The van der Waals surface area contributed by atoms with E-state index in [4.69, 9.17) is 16.7 Å². The molecule has 1 N–H and O–H groups in total. The van der Waals surface area contributed by atoms with Crippen LogP contribution in [0.1, 0.15) is 12.8 Å². The van der Waals surface area contributed by atoms with Gasteiger partial charge in [0.25, 0.3) is 0 Å². The summed E-state index contributed by atoms with van der Waals surface area (Å²) in [6, 6.07) is 3.69. The van der Waals surface area contributed by atoms with Crippen LogP contribution < -0.4 is 4.90 Å². The SMILES string of the molecule is OCC1CCCN(c2ncccc2Cl)C1. The van der Waals surface area contributed by atoms with E-state index in [2.05, 4.69) is 9.88 Å². The number of piperidine rings is 1. The monoisotopic (exact) mass is 226 g/mol. The first-order chi connectivity index (χ1) is 7.31. The number of pyridine rings is 1. The van der Waals surface area contributed by atoms with E-state index in [0.717, 1.165) is 31.7 Å². The van der Waals surface area contributed by atoms with Gasteiger partial charge in [-0.05, 0) is 30.9 Å². The van der Waals surface area contributed by atoms with Gasteiger partial charge >= 0.3 is 0 Å². The van der Waals surface area contributed by atoms with E-state index >= 15 is 0 Å². The number of halogens is 1. The molecular formula is C11H15ClN2O. The zero-order chi connectivity index (χ0) is 10.7. The van der Waals surface area contributed by atoms with E-state index in [1.54, 1.807) is 6.20 Å². The van der Waals surface area contributed by atoms with Crippen molar-refractivity contribution in [2.24, 2.45) is 5.92 Å². The van der Waals surface area contributed by atoms with Crippen LogP contribution in [0.5, 0.6) is 0 Å². The Kier molecular flexibility index (Phi) is 3.44. The van der Waals surface area contributed by atoms with Crippen molar-refractivity contribution in [3.8, 4) is 0 Å². The van der Waals surface area contributed by atoms with E-state index in [0.29, 0.717) is 10.9 Å². The highest BCUT2D eigenvalue weighted by atomic mass is 35.5. The van der Waals surface area contributed by atoms with Crippen molar-refractivity contribution in [3.05, 3.63) is 23.4 Å². The molecule has 0 aromatic carbocycles. The van der Waals surface area contributed by atoms with Gasteiger partial charge in [-0.3, -0.25) is 0 Å². The molecule has 1 aromatic rings. The molecule has 0 bridgehead atoms. The summed E-state index contributed by atoms with van der Waals surface area (Å²) in [5.41, 5.74) is 0. The van der Waals surface area contributed by atoms with Gasteiger partial charge in [-0.15, -0.1) is 0 Å². The van der Waals surface area contributed by atoms with Crippen LogP contribution in [-0.2, 0) is 0 Å². The fraction of sp³-hybridized carbons (Fsp3) is 0.545. The fourth-order valence-corrected chi connectivity index (χ4v) is 2.26. The molecule has 1 atom stereocenters. The van der Waals surface area contributed by atoms with Gasteiger partial charge in [-0.1, -0.05) is 11.6 Å². The smallest absolute Gasteiger partial charge is 0.147 e. The van der Waals surface area contributed by atoms with Gasteiger partial charge in [-0.2, -0.15) is 0 Å².